The van der Waals surface area contributed by atoms with Crippen LogP contribution in [0.4, 0.5) is 13.2 Å². The monoisotopic (exact) mass is 472 g/mol. The van der Waals surface area contributed by atoms with Crippen LogP contribution < -0.4 is 0 Å². The molecule has 0 amide bonds. The Labute approximate surface area is 190 Å². The second kappa shape index (κ2) is 10.2. The van der Waals surface area contributed by atoms with Crippen molar-refractivity contribution in [3.63, 3.8) is 0 Å². The van der Waals surface area contributed by atoms with Crippen LogP contribution >= 0.6 is 22.9 Å². The number of halogens is 4. The lowest BCUT2D eigenvalue weighted by molar-refractivity contribution is -0.141. The second-order valence-electron chi connectivity index (χ2n) is 8.43. The second-order valence-corrected chi connectivity index (χ2v) is 10.2. The number of pyridine rings is 1. The van der Waals surface area contributed by atoms with Gasteiger partial charge in [-0.25, -0.2) is 0 Å². The smallest absolute Gasteiger partial charge is 0.299 e. The molecule has 4 heterocycles. The highest BCUT2D eigenvalue weighted by Crippen LogP contribution is 2.28. The van der Waals surface area contributed by atoms with Crippen molar-refractivity contribution in [3.05, 3.63) is 50.9 Å². The molecule has 2 saturated heterocycles. The van der Waals surface area contributed by atoms with Crippen LogP contribution in [-0.4, -0.2) is 65.0 Å². The van der Waals surface area contributed by atoms with Crippen LogP contribution in [0.25, 0.3) is 0 Å². The zero-order valence-corrected chi connectivity index (χ0v) is 19.0. The molecule has 9 heteroatoms. The first kappa shape index (κ1) is 23.0. The average Bonchev–Trinajstić information content (AvgIpc) is 3.01. The van der Waals surface area contributed by atoms with Gasteiger partial charge in [0, 0.05) is 43.3 Å². The lowest BCUT2D eigenvalue weighted by Crippen LogP contribution is -2.45. The number of nitrogens with zero attached hydrogens (tertiary/aromatic N) is 4. The van der Waals surface area contributed by atoms with E-state index in [-0.39, 0.29) is 0 Å². The van der Waals surface area contributed by atoms with E-state index in [2.05, 4.69) is 25.8 Å². The van der Waals surface area contributed by atoms with Crippen molar-refractivity contribution in [3.8, 4) is 0 Å². The summed E-state index contributed by atoms with van der Waals surface area (Å²) in [5, 5.41) is 0. The maximum Gasteiger partial charge on any atom is 0.433 e. The Morgan fingerprint density at radius 2 is 1.71 bits per heavy atom. The minimum atomic E-state index is -4.38. The summed E-state index contributed by atoms with van der Waals surface area (Å²) in [5.74, 6) is 0. The first-order chi connectivity index (χ1) is 14.9. The summed E-state index contributed by atoms with van der Waals surface area (Å²) in [5.41, 5.74) is 0.0119. The van der Waals surface area contributed by atoms with E-state index in [4.69, 9.17) is 11.6 Å². The van der Waals surface area contributed by atoms with Gasteiger partial charge in [0.25, 0.3) is 0 Å². The maximum atomic E-state index is 12.7. The standard InChI is InChI=1S/C22H28ClF3N4S/c23-21-5-3-19(31-21)16-28-8-1-9-30(13-12-28)18-6-10-29(11-7-18)15-17-2-4-20(27-14-17)22(24,25)26/h2-5,14,18H,1,6-13,15-16H2. The molecule has 0 bridgehead atoms. The van der Waals surface area contributed by atoms with E-state index in [0.29, 0.717) is 12.6 Å². The molecule has 0 spiro atoms. The number of rotatable bonds is 5. The molecule has 4 nitrogen and oxygen atoms in total. The molecule has 2 aromatic heterocycles. The molecule has 0 atom stereocenters. The van der Waals surface area contributed by atoms with Crippen LogP contribution in [0.2, 0.25) is 4.34 Å². The summed E-state index contributed by atoms with van der Waals surface area (Å²) in [6.07, 6.45) is 0.370. The van der Waals surface area contributed by atoms with Crippen molar-refractivity contribution >= 4 is 22.9 Å². The van der Waals surface area contributed by atoms with Gasteiger partial charge in [0.2, 0.25) is 0 Å². The third kappa shape index (κ3) is 6.42. The molecule has 0 N–H and O–H groups in total. The minimum Gasteiger partial charge on any atom is -0.299 e. The molecule has 0 unspecified atom stereocenters. The number of aromatic nitrogens is 1. The van der Waals surface area contributed by atoms with Gasteiger partial charge in [-0.2, -0.15) is 13.2 Å². The molecular weight excluding hydrogens is 445 g/mol. The van der Waals surface area contributed by atoms with Gasteiger partial charge >= 0.3 is 6.18 Å². The fraction of sp³-hybridized carbons (Fsp3) is 0.591. The Balaban J connectivity index is 1.22. The largest absolute Gasteiger partial charge is 0.433 e. The van der Waals surface area contributed by atoms with E-state index in [1.165, 1.54) is 17.5 Å². The normalized spacial score (nSPS) is 20.8. The molecule has 2 fully saturated rings. The van der Waals surface area contributed by atoms with Crippen molar-refractivity contribution in [2.24, 2.45) is 0 Å². The first-order valence-electron chi connectivity index (χ1n) is 10.8. The van der Waals surface area contributed by atoms with Crippen molar-refractivity contribution in [2.45, 2.75) is 44.6 Å². The maximum absolute atomic E-state index is 12.7. The van der Waals surface area contributed by atoms with Gasteiger partial charge < -0.3 is 0 Å². The summed E-state index contributed by atoms with van der Waals surface area (Å²) in [7, 11) is 0. The highest BCUT2D eigenvalue weighted by molar-refractivity contribution is 7.16. The Morgan fingerprint density at radius 1 is 0.935 bits per heavy atom. The van der Waals surface area contributed by atoms with E-state index in [9.17, 15) is 13.2 Å². The topological polar surface area (TPSA) is 22.6 Å². The van der Waals surface area contributed by atoms with Gasteiger partial charge in [-0.15, -0.1) is 11.3 Å². The first-order valence-corrected chi connectivity index (χ1v) is 12.0. The van der Waals surface area contributed by atoms with Crippen LogP contribution in [0, 0.1) is 0 Å². The zero-order chi connectivity index (χ0) is 21.8. The lowest BCUT2D eigenvalue weighted by Gasteiger charge is -2.38. The Hall–Kier alpha value is -1.19. The number of piperidine rings is 1. The van der Waals surface area contributed by atoms with Gasteiger partial charge in [0.15, 0.2) is 0 Å². The van der Waals surface area contributed by atoms with Gasteiger partial charge in [-0.1, -0.05) is 17.7 Å². The molecule has 0 radical (unpaired) electrons. The van der Waals surface area contributed by atoms with Gasteiger partial charge in [0.1, 0.15) is 5.69 Å². The number of thiophene rings is 1. The van der Waals surface area contributed by atoms with Crippen LogP contribution in [-0.2, 0) is 19.3 Å². The quantitative estimate of drug-likeness (QED) is 0.611. The summed E-state index contributed by atoms with van der Waals surface area (Å²) >= 11 is 7.73. The number of hydrogen-bond acceptors (Lipinski definition) is 5. The van der Waals surface area contributed by atoms with E-state index in [0.717, 1.165) is 74.6 Å². The molecule has 2 aromatic rings. The Morgan fingerprint density at radius 3 is 2.35 bits per heavy atom. The molecule has 31 heavy (non-hydrogen) atoms. The molecule has 2 aliphatic rings. The predicted octanol–water partition coefficient (Wildman–Crippen LogP) is 4.99. The third-order valence-electron chi connectivity index (χ3n) is 6.23. The molecule has 0 aliphatic carbocycles. The fourth-order valence-electron chi connectivity index (χ4n) is 4.56. The SMILES string of the molecule is FC(F)(F)c1ccc(CN2CCC(N3CCCN(Cc4ccc(Cl)s4)CC3)CC2)cn1. The summed E-state index contributed by atoms with van der Waals surface area (Å²) in [6, 6.07) is 7.32. The van der Waals surface area contributed by atoms with Gasteiger partial charge in [0.05, 0.1) is 4.34 Å². The zero-order valence-electron chi connectivity index (χ0n) is 17.5. The van der Waals surface area contributed by atoms with Crippen molar-refractivity contribution < 1.29 is 13.2 Å². The molecule has 2 aliphatic heterocycles. The molecule has 0 saturated carbocycles. The van der Waals surface area contributed by atoms with Crippen molar-refractivity contribution in [1.29, 1.82) is 0 Å². The number of likely N-dealkylation sites (tertiary alicyclic amines) is 1. The average molecular weight is 473 g/mol. The Kier molecular flexibility index (Phi) is 7.54. The van der Waals surface area contributed by atoms with Crippen LogP contribution in [0.5, 0.6) is 0 Å². The minimum absolute atomic E-state index is 0.595. The number of hydrogen-bond donors (Lipinski definition) is 0. The van der Waals surface area contributed by atoms with Gasteiger partial charge in [-0.05, 0) is 69.2 Å². The predicted molar refractivity (Wildman–Crippen MR) is 118 cm³/mol. The number of alkyl halides is 3. The highest BCUT2D eigenvalue weighted by atomic mass is 35.5. The molecule has 170 valence electrons. The van der Waals surface area contributed by atoms with Crippen LogP contribution in [0.1, 0.15) is 35.4 Å². The Bertz CT molecular complexity index is 834. The van der Waals surface area contributed by atoms with Crippen LogP contribution in [0.15, 0.2) is 30.5 Å². The highest BCUT2D eigenvalue weighted by Gasteiger charge is 2.32. The summed E-state index contributed by atoms with van der Waals surface area (Å²) < 4.78 is 38.9. The van der Waals surface area contributed by atoms with E-state index < -0.39 is 11.9 Å². The molecular formula is C22H28ClF3N4S. The summed E-state index contributed by atoms with van der Waals surface area (Å²) in [4.78, 5) is 12.4. The molecule has 4 rings (SSSR count). The fourth-order valence-corrected chi connectivity index (χ4v) is 5.69. The van der Waals surface area contributed by atoms with Crippen molar-refractivity contribution in [2.75, 3.05) is 39.3 Å². The van der Waals surface area contributed by atoms with Crippen molar-refractivity contribution in [1.82, 2.24) is 19.7 Å². The van der Waals surface area contributed by atoms with Crippen LogP contribution in [0.3, 0.4) is 0 Å². The van der Waals surface area contributed by atoms with Gasteiger partial charge in [-0.3, -0.25) is 19.7 Å². The van der Waals surface area contributed by atoms with E-state index in [1.54, 1.807) is 17.4 Å². The van der Waals surface area contributed by atoms with E-state index >= 15 is 0 Å². The third-order valence-corrected chi connectivity index (χ3v) is 7.44. The summed E-state index contributed by atoms with van der Waals surface area (Å²) in [6.45, 7) is 8.00. The molecule has 0 aromatic carbocycles. The van der Waals surface area contributed by atoms with E-state index in [1.807, 2.05) is 6.07 Å². The lowest BCUT2D eigenvalue weighted by atomic mass is 10.0.